The molecular formula is C14H11N5OS. The lowest BCUT2D eigenvalue weighted by atomic mass is 10.1. The molecule has 3 aromatic rings. The van der Waals surface area contributed by atoms with Crippen molar-refractivity contribution in [1.29, 1.82) is 0 Å². The van der Waals surface area contributed by atoms with Gasteiger partial charge in [-0.2, -0.15) is 0 Å². The van der Waals surface area contributed by atoms with E-state index in [0.29, 0.717) is 5.69 Å². The van der Waals surface area contributed by atoms with Gasteiger partial charge in [0.05, 0.1) is 11.9 Å². The molecule has 3 rings (SSSR count). The zero-order chi connectivity index (χ0) is 14.7. The van der Waals surface area contributed by atoms with Crippen LogP contribution in [0.2, 0.25) is 0 Å². The maximum Gasteiger partial charge on any atom is 0.275 e. The molecule has 0 saturated carbocycles. The number of hydrogen-bond acceptors (Lipinski definition) is 6. The lowest BCUT2D eigenvalue weighted by molar-refractivity contribution is 0.102. The minimum atomic E-state index is -0.287. The SMILES string of the molecule is Cc1cnc(C(=O)Nc2ccc(-c3csnn3)cc2)cn1. The van der Waals surface area contributed by atoms with Crippen LogP contribution in [-0.2, 0) is 0 Å². The van der Waals surface area contributed by atoms with Crippen molar-refractivity contribution in [1.82, 2.24) is 19.6 Å². The number of aromatic nitrogens is 4. The fourth-order valence-corrected chi connectivity index (χ4v) is 2.18. The quantitative estimate of drug-likeness (QED) is 0.803. The van der Waals surface area contributed by atoms with Crippen LogP contribution in [0.15, 0.2) is 42.0 Å². The Labute approximate surface area is 125 Å². The topological polar surface area (TPSA) is 80.7 Å². The van der Waals surface area contributed by atoms with Crippen LogP contribution >= 0.6 is 11.5 Å². The molecule has 0 radical (unpaired) electrons. The van der Waals surface area contributed by atoms with E-state index in [4.69, 9.17) is 0 Å². The summed E-state index contributed by atoms with van der Waals surface area (Å²) >= 11 is 1.30. The first-order chi connectivity index (χ1) is 10.2. The first kappa shape index (κ1) is 13.3. The molecule has 1 N–H and O–H groups in total. The highest BCUT2D eigenvalue weighted by molar-refractivity contribution is 7.03. The highest BCUT2D eigenvalue weighted by atomic mass is 32.1. The van der Waals surface area contributed by atoms with Gasteiger partial charge < -0.3 is 5.32 Å². The predicted octanol–water partition coefficient (Wildman–Crippen LogP) is 2.56. The van der Waals surface area contributed by atoms with E-state index in [9.17, 15) is 4.79 Å². The summed E-state index contributed by atoms with van der Waals surface area (Å²) in [6.07, 6.45) is 3.02. The smallest absolute Gasteiger partial charge is 0.275 e. The second-order valence-electron chi connectivity index (χ2n) is 4.36. The van der Waals surface area contributed by atoms with Gasteiger partial charge in [-0.3, -0.25) is 9.78 Å². The number of rotatable bonds is 3. The summed E-state index contributed by atoms with van der Waals surface area (Å²) in [6.45, 7) is 1.82. The maximum atomic E-state index is 12.0. The van der Waals surface area contributed by atoms with Gasteiger partial charge in [-0.15, -0.1) is 5.10 Å². The third kappa shape index (κ3) is 3.09. The Bertz CT molecular complexity index is 738. The zero-order valence-corrected chi connectivity index (χ0v) is 12.0. The summed E-state index contributed by atoms with van der Waals surface area (Å²) < 4.78 is 3.82. The van der Waals surface area contributed by atoms with E-state index in [0.717, 1.165) is 17.0 Å². The molecular weight excluding hydrogens is 286 g/mol. The molecule has 1 aromatic carbocycles. The van der Waals surface area contributed by atoms with Crippen molar-refractivity contribution in [2.45, 2.75) is 6.92 Å². The molecule has 1 amide bonds. The van der Waals surface area contributed by atoms with Gasteiger partial charge in [0.2, 0.25) is 0 Å². The number of benzene rings is 1. The largest absolute Gasteiger partial charge is 0.321 e. The molecule has 0 spiro atoms. The predicted molar refractivity (Wildman–Crippen MR) is 80.1 cm³/mol. The zero-order valence-electron chi connectivity index (χ0n) is 11.1. The second kappa shape index (κ2) is 5.76. The number of carbonyl (C=O) groups is 1. The van der Waals surface area contributed by atoms with E-state index >= 15 is 0 Å². The molecule has 6 nitrogen and oxygen atoms in total. The first-order valence-electron chi connectivity index (χ1n) is 6.20. The van der Waals surface area contributed by atoms with Gasteiger partial charge in [-0.05, 0) is 30.6 Å². The summed E-state index contributed by atoms with van der Waals surface area (Å²) in [7, 11) is 0. The summed E-state index contributed by atoms with van der Waals surface area (Å²) in [5, 5.41) is 8.64. The van der Waals surface area contributed by atoms with E-state index in [-0.39, 0.29) is 11.6 Å². The summed E-state index contributed by atoms with van der Waals surface area (Å²) in [5.41, 5.74) is 3.52. The number of carbonyl (C=O) groups excluding carboxylic acids is 1. The third-order valence-electron chi connectivity index (χ3n) is 2.81. The van der Waals surface area contributed by atoms with E-state index in [1.807, 2.05) is 36.6 Å². The number of nitrogens with zero attached hydrogens (tertiary/aromatic N) is 4. The van der Waals surface area contributed by atoms with E-state index < -0.39 is 0 Å². The Morgan fingerprint density at radius 2 is 1.95 bits per heavy atom. The van der Waals surface area contributed by atoms with Crippen molar-refractivity contribution in [3.63, 3.8) is 0 Å². The van der Waals surface area contributed by atoms with Crippen LogP contribution in [0.4, 0.5) is 5.69 Å². The first-order valence-corrected chi connectivity index (χ1v) is 7.03. The number of aryl methyl sites for hydroxylation is 1. The van der Waals surface area contributed by atoms with Gasteiger partial charge in [0, 0.05) is 22.8 Å². The molecule has 0 atom stereocenters. The Kier molecular flexibility index (Phi) is 3.65. The van der Waals surface area contributed by atoms with Gasteiger partial charge in [-0.1, -0.05) is 16.6 Å². The van der Waals surface area contributed by atoms with Crippen LogP contribution < -0.4 is 5.32 Å². The molecule has 0 bridgehead atoms. The van der Waals surface area contributed by atoms with Crippen LogP contribution in [0.3, 0.4) is 0 Å². The van der Waals surface area contributed by atoms with E-state index in [1.165, 1.54) is 17.7 Å². The minimum absolute atomic E-state index is 0.286. The molecule has 2 aromatic heterocycles. The fourth-order valence-electron chi connectivity index (χ4n) is 1.72. The van der Waals surface area contributed by atoms with Crippen molar-refractivity contribution in [3.05, 3.63) is 53.4 Å². The van der Waals surface area contributed by atoms with Gasteiger partial charge >= 0.3 is 0 Å². The van der Waals surface area contributed by atoms with E-state index in [2.05, 4.69) is 24.9 Å². The molecule has 0 unspecified atom stereocenters. The Balaban J connectivity index is 1.73. The minimum Gasteiger partial charge on any atom is -0.321 e. The maximum absolute atomic E-state index is 12.0. The molecule has 7 heteroatoms. The molecule has 0 saturated heterocycles. The van der Waals surface area contributed by atoms with Crippen molar-refractivity contribution in [2.75, 3.05) is 5.32 Å². The second-order valence-corrected chi connectivity index (χ2v) is 4.97. The normalized spacial score (nSPS) is 10.3. The van der Waals surface area contributed by atoms with Gasteiger partial charge in [0.1, 0.15) is 11.4 Å². The van der Waals surface area contributed by atoms with Crippen molar-refractivity contribution >= 4 is 23.1 Å². The van der Waals surface area contributed by atoms with Crippen LogP contribution in [-0.4, -0.2) is 25.5 Å². The summed E-state index contributed by atoms with van der Waals surface area (Å²) in [6, 6.07) is 7.39. The number of nitrogens with one attached hydrogen (secondary N) is 1. The van der Waals surface area contributed by atoms with Crippen molar-refractivity contribution < 1.29 is 4.79 Å². The molecule has 0 aliphatic carbocycles. The number of anilines is 1. The van der Waals surface area contributed by atoms with E-state index in [1.54, 1.807) is 6.20 Å². The number of amides is 1. The van der Waals surface area contributed by atoms with Crippen molar-refractivity contribution in [3.8, 4) is 11.3 Å². The Hall–Kier alpha value is -2.67. The fraction of sp³-hybridized carbons (Fsp3) is 0.0714. The number of hydrogen-bond donors (Lipinski definition) is 1. The summed E-state index contributed by atoms with van der Waals surface area (Å²) in [5.74, 6) is -0.287. The van der Waals surface area contributed by atoms with Crippen LogP contribution in [0.5, 0.6) is 0 Å². The monoisotopic (exact) mass is 297 g/mol. The average molecular weight is 297 g/mol. The molecule has 2 heterocycles. The van der Waals surface area contributed by atoms with Crippen LogP contribution in [0, 0.1) is 6.92 Å². The Morgan fingerprint density at radius 3 is 2.57 bits per heavy atom. The van der Waals surface area contributed by atoms with Gasteiger partial charge in [0.25, 0.3) is 5.91 Å². The highest BCUT2D eigenvalue weighted by Crippen LogP contribution is 2.20. The Morgan fingerprint density at radius 1 is 1.14 bits per heavy atom. The average Bonchev–Trinajstić information content (AvgIpc) is 3.03. The standard InChI is InChI=1S/C14H11N5OS/c1-9-6-16-12(7-15-9)14(20)17-11-4-2-10(3-5-11)13-8-21-19-18-13/h2-8H,1H3,(H,17,20). The molecule has 104 valence electrons. The van der Waals surface area contributed by atoms with Gasteiger partial charge in [0.15, 0.2) is 0 Å². The molecule has 0 aliphatic rings. The molecule has 21 heavy (non-hydrogen) atoms. The molecule has 0 aliphatic heterocycles. The highest BCUT2D eigenvalue weighted by Gasteiger charge is 2.08. The third-order valence-corrected chi connectivity index (χ3v) is 3.32. The van der Waals surface area contributed by atoms with Gasteiger partial charge in [-0.25, -0.2) is 4.98 Å². The lowest BCUT2D eigenvalue weighted by Crippen LogP contribution is -2.14. The van der Waals surface area contributed by atoms with Crippen LogP contribution in [0.1, 0.15) is 16.2 Å². The van der Waals surface area contributed by atoms with Crippen LogP contribution in [0.25, 0.3) is 11.3 Å². The van der Waals surface area contributed by atoms with Crippen molar-refractivity contribution in [2.24, 2.45) is 0 Å². The molecule has 0 fully saturated rings. The summed E-state index contributed by atoms with van der Waals surface area (Å²) in [4.78, 5) is 20.1. The lowest BCUT2D eigenvalue weighted by Gasteiger charge is -2.05.